The maximum absolute atomic E-state index is 12.3. The zero-order valence-corrected chi connectivity index (χ0v) is 14.9. The smallest absolute Gasteiger partial charge is 0.317 e. The van der Waals surface area contributed by atoms with E-state index < -0.39 is 0 Å². The van der Waals surface area contributed by atoms with E-state index in [1.54, 1.807) is 16.9 Å². The third-order valence-electron chi connectivity index (χ3n) is 4.77. The first-order chi connectivity index (χ1) is 12.6. The van der Waals surface area contributed by atoms with Gasteiger partial charge in [-0.2, -0.15) is 0 Å². The van der Waals surface area contributed by atoms with Gasteiger partial charge in [-0.05, 0) is 6.07 Å². The molecule has 26 heavy (non-hydrogen) atoms. The van der Waals surface area contributed by atoms with Gasteiger partial charge in [0.1, 0.15) is 5.75 Å². The molecule has 3 rings (SSSR count). The zero-order chi connectivity index (χ0) is 18.5. The number of nitrogens with zero attached hydrogens (tertiary/aromatic N) is 2. The molecule has 2 heterocycles. The number of carbonyl (C=O) groups is 3. The van der Waals surface area contributed by atoms with Gasteiger partial charge in [-0.15, -0.1) is 0 Å². The number of urea groups is 1. The van der Waals surface area contributed by atoms with E-state index in [1.165, 1.54) is 0 Å². The largest absolute Gasteiger partial charge is 0.496 e. The molecule has 2 aliphatic heterocycles. The molecule has 0 spiro atoms. The van der Waals surface area contributed by atoms with Gasteiger partial charge in [0.2, 0.25) is 11.8 Å². The Morgan fingerprint density at radius 2 is 2.12 bits per heavy atom. The Balaban J connectivity index is 1.49. The highest BCUT2D eigenvalue weighted by Gasteiger charge is 2.34. The highest BCUT2D eigenvalue weighted by atomic mass is 16.5. The van der Waals surface area contributed by atoms with Crippen molar-refractivity contribution in [2.75, 3.05) is 39.8 Å². The van der Waals surface area contributed by atoms with Crippen LogP contribution in [-0.4, -0.2) is 67.5 Å². The Kier molecular flexibility index (Phi) is 5.60. The van der Waals surface area contributed by atoms with Crippen LogP contribution < -0.4 is 15.4 Å². The summed E-state index contributed by atoms with van der Waals surface area (Å²) >= 11 is 0. The first-order valence-corrected chi connectivity index (χ1v) is 8.78. The molecule has 0 bridgehead atoms. The van der Waals surface area contributed by atoms with Crippen LogP contribution in [0.25, 0.3) is 0 Å². The Morgan fingerprint density at radius 3 is 2.85 bits per heavy atom. The van der Waals surface area contributed by atoms with Crippen LogP contribution in [0.4, 0.5) is 4.79 Å². The summed E-state index contributed by atoms with van der Waals surface area (Å²) < 4.78 is 5.32. The van der Waals surface area contributed by atoms with E-state index in [0.717, 1.165) is 11.3 Å². The van der Waals surface area contributed by atoms with E-state index in [2.05, 4.69) is 10.6 Å². The highest BCUT2D eigenvalue weighted by molar-refractivity contribution is 5.89. The van der Waals surface area contributed by atoms with Gasteiger partial charge in [-0.3, -0.25) is 9.59 Å². The summed E-state index contributed by atoms with van der Waals surface area (Å²) in [6.45, 7) is 2.99. The SMILES string of the molecule is COc1ccccc1CN1C[C@@H](C(=O)NCCN2CCNC2=O)CC1=O. The van der Waals surface area contributed by atoms with E-state index in [9.17, 15) is 14.4 Å². The number of rotatable bonds is 7. The molecule has 0 aliphatic carbocycles. The van der Waals surface area contributed by atoms with Crippen molar-refractivity contribution in [2.45, 2.75) is 13.0 Å². The van der Waals surface area contributed by atoms with Gasteiger partial charge < -0.3 is 25.2 Å². The molecule has 2 N–H and O–H groups in total. The number of benzene rings is 1. The number of nitrogens with one attached hydrogen (secondary N) is 2. The van der Waals surface area contributed by atoms with Gasteiger partial charge in [0.05, 0.1) is 13.0 Å². The second kappa shape index (κ2) is 8.07. The molecular formula is C18H24N4O4. The van der Waals surface area contributed by atoms with Crippen LogP contribution in [0.5, 0.6) is 5.75 Å². The fourth-order valence-corrected chi connectivity index (χ4v) is 3.32. The number of hydrogen-bond acceptors (Lipinski definition) is 4. The van der Waals surface area contributed by atoms with Crippen molar-refractivity contribution in [2.24, 2.45) is 5.92 Å². The summed E-state index contributed by atoms with van der Waals surface area (Å²) in [5, 5.41) is 5.56. The molecule has 2 saturated heterocycles. The lowest BCUT2D eigenvalue weighted by Gasteiger charge is -2.19. The molecule has 1 atom stereocenters. The minimum absolute atomic E-state index is 0.0324. The Labute approximate surface area is 152 Å². The van der Waals surface area contributed by atoms with Crippen molar-refractivity contribution < 1.29 is 19.1 Å². The quantitative estimate of drug-likeness (QED) is 0.726. The summed E-state index contributed by atoms with van der Waals surface area (Å²) in [5.41, 5.74) is 0.921. The number of methoxy groups -OCH3 is 1. The number of hydrogen-bond donors (Lipinski definition) is 2. The van der Waals surface area contributed by atoms with Crippen LogP contribution in [0.2, 0.25) is 0 Å². The number of carbonyl (C=O) groups excluding carboxylic acids is 3. The van der Waals surface area contributed by atoms with Gasteiger partial charge in [-0.1, -0.05) is 18.2 Å². The van der Waals surface area contributed by atoms with Crippen LogP contribution in [0.15, 0.2) is 24.3 Å². The maximum atomic E-state index is 12.3. The maximum Gasteiger partial charge on any atom is 0.317 e. The lowest BCUT2D eigenvalue weighted by atomic mass is 10.1. The topological polar surface area (TPSA) is 91.0 Å². The molecule has 4 amide bonds. The summed E-state index contributed by atoms with van der Waals surface area (Å²) in [6, 6.07) is 7.45. The second-order valence-corrected chi connectivity index (χ2v) is 6.50. The zero-order valence-electron chi connectivity index (χ0n) is 14.9. The molecule has 2 aliphatic rings. The van der Waals surface area contributed by atoms with Crippen molar-refractivity contribution >= 4 is 17.8 Å². The summed E-state index contributed by atoms with van der Waals surface area (Å²) in [7, 11) is 1.60. The van der Waals surface area contributed by atoms with Crippen molar-refractivity contribution in [3.05, 3.63) is 29.8 Å². The third kappa shape index (κ3) is 4.07. The van der Waals surface area contributed by atoms with Crippen molar-refractivity contribution in [1.29, 1.82) is 0 Å². The van der Waals surface area contributed by atoms with Gasteiger partial charge in [0.25, 0.3) is 0 Å². The first-order valence-electron chi connectivity index (χ1n) is 8.78. The molecule has 0 aromatic heterocycles. The summed E-state index contributed by atoms with van der Waals surface area (Å²) in [4.78, 5) is 39.4. The molecule has 140 valence electrons. The van der Waals surface area contributed by atoms with E-state index in [1.807, 2.05) is 24.3 Å². The predicted octanol–water partition coefficient (Wildman–Crippen LogP) is 0.185. The first kappa shape index (κ1) is 18.0. The van der Waals surface area contributed by atoms with Crippen LogP contribution >= 0.6 is 0 Å². The molecule has 1 aromatic rings. The van der Waals surface area contributed by atoms with Gasteiger partial charge in [0, 0.05) is 51.3 Å². The molecule has 0 unspecified atom stereocenters. The highest BCUT2D eigenvalue weighted by Crippen LogP contribution is 2.24. The Hall–Kier alpha value is -2.77. The van der Waals surface area contributed by atoms with Crippen molar-refractivity contribution in [1.82, 2.24) is 20.4 Å². The fraction of sp³-hybridized carbons (Fsp3) is 0.500. The van der Waals surface area contributed by atoms with Crippen LogP contribution in [0.1, 0.15) is 12.0 Å². The molecule has 0 saturated carbocycles. The minimum Gasteiger partial charge on any atom is -0.496 e. The van der Waals surface area contributed by atoms with Crippen molar-refractivity contribution in [3.8, 4) is 5.75 Å². The van der Waals surface area contributed by atoms with E-state index in [0.29, 0.717) is 39.3 Å². The predicted molar refractivity (Wildman–Crippen MR) is 94.5 cm³/mol. The average molecular weight is 360 g/mol. The third-order valence-corrected chi connectivity index (χ3v) is 4.77. The number of likely N-dealkylation sites (tertiary alicyclic amines) is 1. The Morgan fingerprint density at radius 1 is 1.31 bits per heavy atom. The van der Waals surface area contributed by atoms with E-state index >= 15 is 0 Å². The summed E-state index contributed by atoms with van der Waals surface area (Å²) in [6.07, 6.45) is 0.213. The molecule has 0 radical (unpaired) electrons. The van der Waals surface area contributed by atoms with Crippen molar-refractivity contribution in [3.63, 3.8) is 0 Å². The fourth-order valence-electron chi connectivity index (χ4n) is 3.32. The molecule has 8 nitrogen and oxygen atoms in total. The second-order valence-electron chi connectivity index (χ2n) is 6.50. The minimum atomic E-state index is -0.357. The monoisotopic (exact) mass is 360 g/mol. The number of ether oxygens (including phenoxy) is 1. The summed E-state index contributed by atoms with van der Waals surface area (Å²) in [5.74, 6) is 0.206. The van der Waals surface area contributed by atoms with Crippen LogP contribution in [0, 0.1) is 5.92 Å². The van der Waals surface area contributed by atoms with Gasteiger partial charge >= 0.3 is 6.03 Å². The van der Waals surface area contributed by atoms with E-state index in [4.69, 9.17) is 4.74 Å². The molecule has 8 heteroatoms. The number of para-hydroxylation sites is 1. The average Bonchev–Trinajstić information content (AvgIpc) is 3.21. The van der Waals surface area contributed by atoms with Gasteiger partial charge in [-0.25, -0.2) is 4.79 Å². The van der Waals surface area contributed by atoms with Gasteiger partial charge in [0.15, 0.2) is 0 Å². The normalized spacial score (nSPS) is 19.7. The van der Waals surface area contributed by atoms with Crippen LogP contribution in [-0.2, 0) is 16.1 Å². The standard InChI is InChI=1S/C18H24N4O4/c1-26-15-5-3-2-4-13(15)11-22-12-14(10-16(22)23)17(24)19-6-8-21-9-7-20-18(21)25/h2-5,14H,6-12H2,1H3,(H,19,24)(H,20,25)/t14-/m0/s1. The number of amides is 4. The van der Waals surface area contributed by atoms with Crippen LogP contribution in [0.3, 0.4) is 0 Å². The molecule has 1 aromatic carbocycles. The molecule has 2 fully saturated rings. The van der Waals surface area contributed by atoms with E-state index in [-0.39, 0.29) is 30.2 Å². The molecular weight excluding hydrogens is 336 g/mol. The lowest BCUT2D eigenvalue weighted by molar-refractivity contribution is -0.129. The Bertz CT molecular complexity index is 694. The lowest BCUT2D eigenvalue weighted by Crippen LogP contribution is -2.39.